The van der Waals surface area contributed by atoms with E-state index in [1.165, 1.54) is 18.7 Å². The molecular weight excluding hydrogens is 460 g/mol. The molecule has 0 amide bonds. The Bertz CT molecular complexity index is 1270. The zero-order valence-corrected chi connectivity index (χ0v) is 21.6. The summed E-state index contributed by atoms with van der Waals surface area (Å²) >= 11 is 0. The lowest BCUT2D eigenvalue weighted by Gasteiger charge is -2.17. The molecule has 3 aromatic rings. The fourth-order valence-corrected chi connectivity index (χ4v) is 4.25. The van der Waals surface area contributed by atoms with Crippen LogP contribution in [0.15, 0.2) is 63.3 Å². The van der Waals surface area contributed by atoms with Crippen LogP contribution >= 0.6 is 0 Å². The number of allylic oxidation sites excluding steroid dienone is 2. The van der Waals surface area contributed by atoms with Gasteiger partial charge >= 0.3 is 0 Å². The average Bonchev–Trinajstić information content (AvgIpc) is 3.49. The molecule has 0 radical (unpaired) electrons. The van der Waals surface area contributed by atoms with Gasteiger partial charge in [0.2, 0.25) is 0 Å². The van der Waals surface area contributed by atoms with E-state index in [0.717, 1.165) is 24.0 Å². The Morgan fingerprint density at radius 3 is 2.42 bits per heavy atom. The fraction of sp³-hybridized carbons (Fsp3) is 0.414. The Morgan fingerprint density at radius 1 is 1.06 bits per heavy atom. The summed E-state index contributed by atoms with van der Waals surface area (Å²) in [7, 11) is 3.09. The van der Waals surface area contributed by atoms with Crippen molar-refractivity contribution in [3.8, 4) is 22.8 Å². The number of rotatable bonds is 12. The molecule has 1 fully saturated rings. The van der Waals surface area contributed by atoms with E-state index in [2.05, 4.69) is 26.8 Å². The molecule has 4 rings (SSSR count). The number of fused-ring (bicyclic) bond motifs is 1. The van der Waals surface area contributed by atoms with Gasteiger partial charge in [-0.3, -0.25) is 4.79 Å². The first kappa shape index (κ1) is 25.9. The van der Waals surface area contributed by atoms with E-state index in [9.17, 15) is 4.79 Å². The molecule has 0 aliphatic carbocycles. The van der Waals surface area contributed by atoms with Crippen LogP contribution in [0, 0.1) is 0 Å². The lowest BCUT2D eigenvalue weighted by atomic mass is 10.00. The first-order valence-electron chi connectivity index (χ1n) is 12.1. The minimum atomic E-state index is -0.199. The summed E-state index contributed by atoms with van der Waals surface area (Å²) in [4.78, 5) is 13.3. The molecule has 36 heavy (non-hydrogen) atoms. The van der Waals surface area contributed by atoms with Crippen molar-refractivity contribution in [2.24, 2.45) is 0 Å². The van der Waals surface area contributed by atoms with Crippen molar-refractivity contribution in [1.29, 1.82) is 0 Å². The molecule has 0 N–H and O–H groups in total. The van der Waals surface area contributed by atoms with Crippen molar-refractivity contribution in [2.75, 3.05) is 27.8 Å². The number of ether oxygens (including phenoxy) is 5. The van der Waals surface area contributed by atoms with E-state index < -0.39 is 0 Å². The average molecular weight is 495 g/mol. The first-order valence-corrected chi connectivity index (χ1v) is 12.1. The number of benzene rings is 2. The molecule has 1 aliphatic heterocycles. The summed E-state index contributed by atoms with van der Waals surface area (Å²) in [5.41, 5.74) is 2.92. The Morgan fingerprint density at radius 2 is 1.75 bits per heavy atom. The van der Waals surface area contributed by atoms with E-state index in [0.29, 0.717) is 40.8 Å². The topological polar surface area (TPSA) is 79.7 Å². The number of methoxy groups -OCH3 is 2. The Kier molecular flexibility index (Phi) is 8.14. The highest BCUT2D eigenvalue weighted by molar-refractivity contribution is 5.88. The summed E-state index contributed by atoms with van der Waals surface area (Å²) in [5.74, 6) is 1.39. The van der Waals surface area contributed by atoms with Gasteiger partial charge in [0, 0.05) is 37.5 Å². The summed E-state index contributed by atoms with van der Waals surface area (Å²) < 4.78 is 34.1. The summed E-state index contributed by atoms with van der Waals surface area (Å²) in [5, 5.41) is 0.352. The lowest BCUT2D eigenvalue weighted by Crippen LogP contribution is -2.11. The highest BCUT2D eigenvalue weighted by Gasteiger charge is 2.46. The van der Waals surface area contributed by atoms with Crippen LogP contribution in [0.4, 0.5) is 0 Å². The van der Waals surface area contributed by atoms with Crippen LogP contribution in [-0.2, 0) is 20.6 Å². The third kappa shape index (κ3) is 5.98. The van der Waals surface area contributed by atoms with Crippen LogP contribution < -0.4 is 14.9 Å². The second-order valence-electron chi connectivity index (χ2n) is 9.50. The molecule has 0 bridgehead atoms. The number of hydrogen-bond donors (Lipinski definition) is 0. The van der Waals surface area contributed by atoms with Crippen LogP contribution in [0.1, 0.15) is 39.2 Å². The van der Waals surface area contributed by atoms with E-state index in [1.54, 1.807) is 13.2 Å². The molecule has 1 aliphatic rings. The minimum Gasteiger partial charge on any atom is -0.467 e. The Hall–Kier alpha value is -3.13. The van der Waals surface area contributed by atoms with Gasteiger partial charge in [0.1, 0.15) is 28.2 Å². The highest BCUT2D eigenvalue weighted by atomic mass is 16.7. The third-order valence-electron chi connectivity index (χ3n) is 6.37. The second-order valence-corrected chi connectivity index (χ2v) is 9.50. The summed E-state index contributed by atoms with van der Waals surface area (Å²) in [6, 6.07) is 12.7. The lowest BCUT2D eigenvalue weighted by molar-refractivity contribution is 0.0455. The van der Waals surface area contributed by atoms with Gasteiger partial charge in [-0.05, 0) is 40.0 Å². The molecule has 2 heterocycles. The largest absolute Gasteiger partial charge is 0.467 e. The van der Waals surface area contributed by atoms with Crippen LogP contribution in [0.2, 0.25) is 0 Å². The van der Waals surface area contributed by atoms with Gasteiger partial charge in [0.05, 0.1) is 11.7 Å². The van der Waals surface area contributed by atoms with Gasteiger partial charge in [0.25, 0.3) is 0 Å². The van der Waals surface area contributed by atoms with Crippen LogP contribution in [0.5, 0.6) is 11.5 Å². The third-order valence-corrected chi connectivity index (χ3v) is 6.37. The molecule has 1 unspecified atom stereocenters. The maximum Gasteiger partial charge on any atom is 0.197 e. The van der Waals surface area contributed by atoms with Crippen molar-refractivity contribution < 1.29 is 28.1 Å². The standard InChI is InChI=1S/C29H34O7/c1-19(12-14-26-29(2,3)36-26)11-13-21-24(33-17-31-4)16-25-27(28(21)34-18-32-5)22(30)15-23(35-25)20-9-7-6-8-10-20/h6-11,15-16,26H,12-14,17-18H2,1-5H3/b19-11-. The molecule has 0 saturated carbocycles. The van der Waals surface area contributed by atoms with E-state index in [4.69, 9.17) is 28.1 Å². The molecule has 7 heteroatoms. The van der Waals surface area contributed by atoms with Gasteiger partial charge in [0.15, 0.2) is 19.0 Å². The van der Waals surface area contributed by atoms with Crippen LogP contribution in [-0.4, -0.2) is 39.5 Å². The molecule has 1 aromatic heterocycles. The molecule has 1 saturated heterocycles. The zero-order chi connectivity index (χ0) is 25.7. The molecule has 2 aromatic carbocycles. The zero-order valence-electron chi connectivity index (χ0n) is 21.6. The summed E-state index contributed by atoms with van der Waals surface area (Å²) in [6.07, 6.45) is 4.84. The smallest absolute Gasteiger partial charge is 0.197 e. The van der Waals surface area contributed by atoms with Crippen molar-refractivity contribution in [1.82, 2.24) is 0 Å². The predicted molar refractivity (Wildman–Crippen MR) is 139 cm³/mol. The van der Waals surface area contributed by atoms with Crippen molar-refractivity contribution >= 4 is 11.0 Å². The van der Waals surface area contributed by atoms with Gasteiger partial charge in [-0.15, -0.1) is 0 Å². The Labute approximate surface area is 211 Å². The van der Waals surface area contributed by atoms with Crippen molar-refractivity contribution in [3.05, 3.63) is 69.9 Å². The first-order chi connectivity index (χ1) is 17.3. The van der Waals surface area contributed by atoms with Gasteiger partial charge in [-0.25, -0.2) is 0 Å². The highest BCUT2D eigenvalue weighted by Crippen LogP contribution is 2.40. The maximum atomic E-state index is 13.3. The quantitative estimate of drug-likeness (QED) is 0.177. The predicted octanol–water partition coefficient (Wildman–Crippen LogP) is 5.87. The summed E-state index contributed by atoms with van der Waals surface area (Å²) in [6.45, 7) is 6.34. The molecular formula is C29H34O7. The van der Waals surface area contributed by atoms with Gasteiger partial charge < -0.3 is 28.1 Å². The van der Waals surface area contributed by atoms with E-state index in [-0.39, 0.29) is 24.6 Å². The monoisotopic (exact) mass is 494 g/mol. The SMILES string of the molecule is COCOc1cc2oc(-c3ccccc3)cc(=O)c2c(OCOC)c1C/C=C(/C)CCC1OC1(C)C. The van der Waals surface area contributed by atoms with E-state index in [1.807, 2.05) is 30.3 Å². The fourth-order valence-electron chi connectivity index (χ4n) is 4.25. The normalized spacial score (nSPS) is 16.8. The molecule has 192 valence electrons. The van der Waals surface area contributed by atoms with Crippen molar-refractivity contribution in [2.45, 2.75) is 51.7 Å². The van der Waals surface area contributed by atoms with Crippen molar-refractivity contribution in [3.63, 3.8) is 0 Å². The Balaban J connectivity index is 1.75. The number of hydrogen-bond acceptors (Lipinski definition) is 7. The van der Waals surface area contributed by atoms with Crippen LogP contribution in [0.3, 0.4) is 0 Å². The van der Waals surface area contributed by atoms with Gasteiger partial charge in [-0.2, -0.15) is 0 Å². The molecule has 1 atom stereocenters. The molecule has 0 spiro atoms. The molecule has 7 nitrogen and oxygen atoms in total. The maximum absolute atomic E-state index is 13.3. The minimum absolute atomic E-state index is 0.0203. The number of epoxide rings is 1. The van der Waals surface area contributed by atoms with E-state index >= 15 is 0 Å². The van der Waals surface area contributed by atoms with Gasteiger partial charge in [-0.1, -0.05) is 42.0 Å². The van der Waals surface area contributed by atoms with Crippen LogP contribution in [0.25, 0.3) is 22.3 Å². The second kappa shape index (κ2) is 11.3.